The molecule has 2 heterocycles. The van der Waals surface area contributed by atoms with Crippen molar-refractivity contribution in [3.05, 3.63) is 59.1 Å². The van der Waals surface area contributed by atoms with Crippen molar-refractivity contribution in [2.45, 2.75) is 19.8 Å². The first-order valence-corrected chi connectivity index (χ1v) is 12.0. The van der Waals surface area contributed by atoms with E-state index < -0.39 is 0 Å². The minimum absolute atomic E-state index is 0.0579. The number of amides is 5. The second-order valence-corrected chi connectivity index (χ2v) is 9.19. The number of piperazine rings is 1. The number of urea groups is 2. The van der Waals surface area contributed by atoms with Gasteiger partial charge in [-0.15, -0.1) is 0 Å². The van der Waals surface area contributed by atoms with Crippen LogP contribution in [0.2, 0.25) is 5.02 Å². The maximum atomic E-state index is 13.2. The van der Waals surface area contributed by atoms with Crippen molar-refractivity contribution >= 4 is 40.9 Å². The van der Waals surface area contributed by atoms with Gasteiger partial charge in [-0.1, -0.05) is 35.9 Å². The van der Waals surface area contributed by atoms with Crippen LogP contribution in [-0.2, 0) is 4.79 Å². The van der Waals surface area contributed by atoms with E-state index >= 15 is 0 Å². The van der Waals surface area contributed by atoms with Crippen LogP contribution in [-0.4, -0.2) is 71.9 Å². The van der Waals surface area contributed by atoms with Gasteiger partial charge >= 0.3 is 12.1 Å². The van der Waals surface area contributed by atoms with Crippen LogP contribution >= 0.6 is 11.6 Å². The highest BCUT2D eigenvalue weighted by Gasteiger charge is 2.33. The highest BCUT2D eigenvalue weighted by molar-refractivity contribution is 6.31. The maximum Gasteiger partial charge on any atom is 0.321 e. The molecule has 8 nitrogen and oxygen atoms in total. The molecule has 2 aliphatic rings. The van der Waals surface area contributed by atoms with Crippen LogP contribution in [0, 0.1) is 12.8 Å². The molecule has 0 spiro atoms. The van der Waals surface area contributed by atoms with Crippen molar-refractivity contribution in [3.8, 4) is 0 Å². The lowest BCUT2D eigenvalue weighted by Gasteiger charge is -2.39. The fraction of sp³-hybridized carbons (Fsp3) is 0.400. The van der Waals surface area contributed by atoms with Gasteiger partial charge in [-0.2, -0.15) is 0 Å². The van der Waals surface area contributed by atoms with E-state index in [9.17, 15) is 14.4 Å². The number of aryl methyl sites for hydroxylation is 1. The molecule has 0 radical (unpaired) electrons. The largest absolute Gasteiger partial charge is 0.339 e. The molecule has 4 rings (SSSR count). The number of rotatable bonds is 3. The van der Waals surface area contributed by atoms with Gasteiger partial charge < -0.3 is 25.3 Å². The van der Waals surface area contributed by atoms with Crippen molar-refractivity contribution in [2.75, 3.05) is 49.9 Å². The zero-order chi connectivity index (χ0) is 24.1. The van der Waals surface area contributed by atoms with Crippen LogP contribution in [0.3, 0.4) is 0 Å². The Morgan fingerprint density at radius 1 is 0.824 bits per heavy atom. The van der Waals surface area contributed by atoms with Gasteiger partial charge in [-0.25, -0.2) is 9.59 Å². The van der Waals surface area contributed by atoms with E-state index in [-0.39, 0.29) is 23.9 Å². The van der Waals surface area contributed by atoms with Crippen molar-refractivity contribution in [1.82, 2.24) is 14.7 Å². The second kappa shape index (κ2) is 10.8. The van der Waals surface area contributed by atoms with Gasteiger partial charge in [0.2, 0.25) is 5.91 Å². The Hall–Kier alpha value is -3.26. The van der Waals surface area contributed by atoms with Gasteiger partial charge in [-0.05, 0) is 49.6 Å². The van der Waals surface area contributed by atoms with E-state index in [2.05, 4.69) is 10.6 Å². The minimum atomic E-state index is -0.217. The summed E-state index contributed by atoms with van der Waals surface area (Å²) in [5.41, 5.74) is 2.34. The van der Waals surface area contributed by atoms with Crippen LogP contribution < -0.4 is 10.6 Å². The molecule has 2 aliphatic heterocycles. The summed E-state index contributed by atoms with van der Waals surface area (Å²) in [4.78, 5) is 43.7. The molecular formula is C25H30ClN5O3. The Labute approximate surface area is 204 Å². The number of hydrogen-bond donors (Lipinski definition) is 2. The first-order valence-electron chi connectivity index (χ1n) is 11.6. The number of halogens is 1. The lowest BCUT2D eigenvalue weighted by Crippen LogP contribution is -2.55. The molecular weight excluding hydrogens is 454 g/mol. The lowest BCUT2D eigenvalue weighted by molar-refractivity contribution is -0.138. The number of benzene rings is 2. The average molecular weight is 484 g/mol. The lowest BCUT2D eigenvalue weighted by atomic mass is 9.96. The monoisotopic (exact) mass is 483 g/mol. The Morgan fingerprint density at radius 2 is 1.47 bits per heavy atom. The van der Waals surface area contributed by atoms with E-state index in [1.165, 1.54) is 0 Å². The third-order valence-corrected chi connectivity index (χ3v) is 6.79. The molecule has 9 heteroatoms. The van der Waals surface area contributed by atoms with Gasteiger partial charge in [0.05, 0.1) is 5.92 Å². The molecule has 2 aromatic carbocycles. The Balaban J connectivity index is 1.26. The number of carbonyl (C=O) groups excluding carboxylic acids is 3. The number of piperidine rings is 1. The van der Waals surface area contributed by atoms with Gasteiger partial charge in [0.1, 0.15) is 0 Å². The smallest absolute Gasteiger partial charge is 0.321 e. The molecule has 34 heavy (non-hydrogen) atoms. The van der Waals surface area contributed by atoms with E-state index in [0.717, 1.165) is 24.1 Å². The minimum Gasteiger partial charge on any atom is -0.339 e. The molecule has 2 N–H and O–H groups in total. The van der Waals surface area contributed by atoms with Gasteiger partial charge in [0.15, 0.2) is 0 Å². The van der Waals surface area contributed by atoms with Crippen LogP contribution in [0.15, 0.2) is 48.5 Å². The fourth-order valence-electron chi connectivity index (χ4n) is 4.35. The first kappa shape index (κ1) is 23.9. The van der Waals surface area contributed by atoms with Crippen LogP contribution in [0.25, 0.3) is 0 Å². The summed E-state index contributed by atoms with van der Waals surface area (Å²) in [6.07, 6.45) is 1.56. The molecule has 180 valence electrons. The third kappa shape index (κ3) is 5.80. The number of carbonyl (C=O) groups is 3. The standard InChI is InChI=1S/C25H30ClN5O3/c1-18-9-10-21(16-22(18)26)28-24(33)30-14-12-29(13-15-30)23(32)19-6-5-11-31(17-19)25(34)27-20-7-3-2-4-8-20/h2-4,7-10,16,19H,5-6,11-15,17H2,1H3,(H,27,34)(H,28,33). The normalized spacial score (nSPS) is 18.4. The van der Waals surface area contributed by atoms with Crippen molar-refractivity contribution in [1.29, 1.82) is 0 Å². The Bertz CT molecular complexity index is 1040. The molecule has 2 aromatic rings. The molecule has 2 saturated heterocycles. The molecule has 1 atom stereocenters. The summed E-state index contributed by atoms with van der Waals surface area (Å²) in [5, 5.41) is 6.38. The summed E-state index contributed by atoms with van der Waals surface area (Å²) in [6, 6.07) is 14.4. The number of nitrogens with one attached hydrogen (secondary N) is 2. The SMILES string of the molecule is Cc1ccc(NC(=O)N2CCN(C(=O)C3CCCN(C(=O)Nc4ccccc4)C3)CC2)cc1Cl. The molecule has 1 unspecified atom stereocenters. The summed E-state index contributed by atoms with van der Waals surface area (Å²) in [6.45, 7) is 4.84. The summed E-state index contributed by atoms with van der Waals surface area (Å²) >= 11 is 6.14. The fourth-order valence-corrected chi connectivity index (χ4v) is 4.53. The van der Waals surface area contributed by atoms with E-state index in [0.29, 0.717) is 50.0 Å². The number of para-hydroxylation sites is 1. The van der Waals surface area contributed by atoms with Gasteiger partial charge in [0, 0.05) is 55.7 Å². The molecule has 0 saturated carbocycles. The molecule has 0 bridgehead atoms. The highest BCUT2D eigenvalue weighted by atomic mass is 35.5. The number of likely N-dealkylation sites (tertiary alicyclic amines) is 1. The zero-order valence-corrected chi connectivity index (χ0v) is 20.1. The first-order chi connectivity index (χ1) is 16.4. The third-order valence-electron chi connectivity index (χ3n) is 6.38. The molecule has 5 amide bonds. The summed E-state index contributed by atoms with van der Waals surface area (Å²) < 4.78 is 0. The van der Waals surface area contributed by atoms with Crippen LogP contribution in [0.5, 0.6) is 0 Å². The average Bonchev–Trinajstić information content (AvgIpc) is 2.86. The topological polar surface area (TPSA) is 85.0 Å². The molecule has 2 fully saturated rings. The van der Waals surface area contributed by atoms with E-state index in [1.807, 2.05) is 54.3 Å². The quantitative estimate of drug-likeness (QED) is 0.683. The van der Waals surface area contributed by atoms with Crippen molar-refractivity contribution < 1.29 is 14.4 Å². The van der Waals surface area contributed by atoms with Crippen molar-refractivity contribution in [2.24, 2.45) is 5.92 Å². The number of nitrogens with zero attached hydrogens (tertiary/aromatic N) is 3. The summed E-state index contributed by atoms with van der Waals surface area (Å²) in [5.74, 6) is -0.159. The molecule has 0 aliphatic carbocycles. The van der Waals surface area contributed by atoms with Crippen LogP contribution in [0.4, 0.5) is 21.0 Å². The number of hydrogen-bond acceptors (Lipinski definition) is 3. The van der Waals surface area contributed by atoms with Crippen LogP contribution in [0.1, 0.15) is 18.4 Å². The highest BCUT2D eigenvalue weighted by Crippen LogP contribution is 2.22. The van der Waals surface area contributed by atoms with Gasteiger partial charge in [-0.3, -0.25) is 4.79 Å². The second-order valence-electron chi connectivity index (χ2n) is 8.79. The maximum absolute atomic E-state index is 13.2. The zero-order valence-electron chi connectivity index (χ0n) is 19.3. The predicted octanol–water partition coefficient (Wildman–Crippen LogP) is 4.27. The van der Waals surface area contributed by atoms with Gasteiger partial charge in [0.25, 0.3) is 0 Å². The summed E-state index contributed by atoms with van der Waals surface area (Å²) in [7, 11) is 0. The van der Waals surface area contributed by atoms with E-state index in [4.69, 9.17) is 11.6 Å². The number of anilines is 2. The molecule has 0 aromatic heterocycles. The Morgan fingerprint density at radius 3 is 2.18 bits per heavy atom. The van der Waals surface area contributed by atoms with Crippen molar-refractivity contribution in [3.63, 3.8) is 0 Å². The Kier molecular flexibility index (Phi) is 7.57. The predicted molar refractivity (Wildman–Crippen MR) is 133 cm³/mol. The van der Waals surface area contributed by atoms with E-state index in [1.54, 1.807) is 15.9 Å².